The predicted molar refractivity (Wildman–Crippen MR) is 135 cm³/mol. The van der Waals surface area contributed by atoms with Gasteiger partial charge in [0.15, 0.2) is 11.5 Å². The molecular formula is C26H20BrNO5S. The number of methoxy groups -OCH3 is 1. The van der Waals surface area contributed by atoms with Crippen molar-refractivity contribution in [3.05, 3.63) is 98.4 Å². The second-order valence-electron chi connectivity index (χ2n) is 7.53. The number of halogens is 1. The third kappa shape index (κ3) is 5.24. The van der Waals surface area contributed by atoms with Crippen molar-refractivity contribution in [1.82, 2.24) is 4.90 Å². The normalized spacial score (nSPS) is 14.6. The standard InChI is InChI=1S/C26H20BrNO5S/c1-16-6-5-8-18(12-16)25(30)33-21-11-10-17(13-22(21)32-2)14-23-24(29)28(26(31)34-23)15-19-7-3-4-9-20(19)27/h3-14H,15H2,1-2H3/b23-14-. The minimum Gasteiger partial charge on any atom is -0.493 e. The highest BCUT2D eigenvalue weighted by atomic mass is 79.9. The molecular weight excluding hydrogens is 518 g/mol. The van der Waals surface area contributed by atoms with Gasteiger partial charge in [-0.1, -0.05) is 57.9 Å². The Bertz CT molecular complexity index is 1320. The number of imide groups is 1. The van der Waals surface area contributed by atoms with Gasteiger partial charge in [0.2, 0.25) is 0 Å². The summed E-state index contributed by atoms with van der Waals surface area (Å²) in [7, 11) is 1.47. The summed E-state index contributed by atoms with van der Waals surface area (Å²) in [6.07, 6.45) is 1.62. The minimum atomic E-state index is -0.497. The zero-order chi connectivity index (χ0) is 24.2. The number of hydrogen-bond donors (Lipinski definition) is 0. The summed E-state index contributed by atoms with van der Waals surface area (Å²) in [6, 6.07) is 19.5. The SMILES string of the molecule is COc1cc(/C=C2\SC(=O)N(Cc3ccccc3Br)C2=O)ccc1OC(=O)c1cccc(C)c1. The van der Waals surface area contributed by atoms with Crippen LogP contribution in [0.3, 0.4) is 0 Å². The number of aryl methyl sites for hydroxylation is 1. The first-order valence-corrected chi connectivity index (χ1v) is 11.9. The number of carbonyl (C=O) groups excluding carboxylic acids is 3. The summed E-state index contributed by atoms with van der Waals surface area (Å²) in [5, 5.41) is -0.331. The first-order chi connectivity index (χ1) is 16.4. The van der Waals surface area contributed by atoms with E-state index in [2.05, 4.69) is 15.9 Å². The molecule has 34 heavy (non-hydrogen) atoms. The maximum atomic E-state index is 12.9. The van der Waals surface area contributed by atoms with Crippen molar-refractivity contribution in [2.24, 2.45) is 0 Å². The molecule has 1 aliphatic rings. The van der Waals surface area contributed by atoms with E-state index in [1.54, 1.807) is 42.5 Å². The fraction of sp³-hybridized carbons (Fsp3) is 0.115. The van der Waals surface area contributed by atoms with Gasteiger partial charge in [0, 0.05) is 4.47 Å². The Morgan fingerprint density at radius 2 is 1.82 bits per heavy atom. The van der Waals surface area contributed by atoms with Crippen LogP contribution in [0.25, 0.3) is 6.08 Å². The molecule has 0 aliphatic carbocycles. The molecule has 0 N–H and O–H groups in total. The van der Waals surface area contributed by atoms with Crippen LogP contribution in [-0.2, 0) is 11.3 Å². The predicted octanol–water partition coefficient (Wildman–Crippen LogP) is 6.22. The summed E-state index contributed by atoms with van der Waals surface area (Å²) in [4.78, 5) is 39.4. The van der Waals surface area contributed by atoms with Crippen LogP contribution in [-0.4, -0.2) is 29.1 Å². The van der Waals surface area contributed by atoms with Crippen LogP contribution >= 0.6 is 27.7 Å². The van der Waals surface area contributed by atoms with Crippen LogP contribution in [0.1, 0.15) is 27.0 Å². The molecule has 0 radical (unpaired) electrons. The molecule has 0 atom stereocenters. The molecule has 1 aliphatic heterocycles. The lowest BCUT2D eigenvalue weighted by molar-refractivity contribution is -0.123. The molecule has 3 aromatic carbocycles. The molecule has 0 bridgehead atoms. The Hall–Kier alpha value is -3.36. The van der Waals surface area contributed by atoms with E-state index in [0.717, 1.165) is 27.4 Å². The molecule has 4 rings (SSSR count). The second kappa shape index (κ2) is 10.3. The first kappa shape index (κ1) is 23.8. The highest BCUT2D eigenvalue weighted by Gasteiger charge is 2.35. The van der Waals surface area contributed by atoms with Crippen molar-refractivity contribution in [3.8, 4) is 11.5 Å². The number of carbonyl (C=O) groups is 3. The van der Waals surface area contributed by atoms with Gasteiger partial charge in [0.05, 0.1) is 24.1 Å². The molecule has 0 aromatic heterocycles. The minimum absolute atomic E-state index is 0.181. The van der Waals surface area contributed by atoms with Crippen molar-refractivity contribution in [2.45, 2.75) is 13.5 Å². The van der Waals surface area contributed by atoms with Crippen LogP contribution in [0.2, 0.25) is 0 Å². The second-order valence-corrected chi connectivity index (χ2v) is 9.38. The Balaban J connectivity index is 1.53. The van der Waals surface area contributed by atoms with E-state index in [4.69, 9.17) is 9.47 Å². The molecule has 172 valence electrons. The van der Waals surface area contributed by atoms with E-state index in [1.807, 2.05) is 37.3 Å². The molecule has 1 fully saturated rings. The molecule has 0 unspecified atom stereocenters. The number of thioether (sulfide) groups is 1. The smallest absolute Gasteiger partial charge is 0.343 e. The molecule has 1 saturated heterocycles. The first-order valence-electron chi connectivity index (χ1n) is 10.3. The molecule has 1 heterocycles. The quantitative estimate of drug-likeness (QED) is 0.211. The van der Waals surface area contributed by atoms with Crippen LogP contribution < -0.4 is 9.47 Å². The Labute approximate surface area is 209 Å². The summed E-state index contributed by atoms with van der Waals surface area (Å²) in [6.45, 7) is 2.08. The van der Waals surface area contributed by atoms with E-state index in [0.29, 0.717) is 21.8 Å². The van der Waals surface area contributed by atoms with Crippen molar-refractivity contribution in [1.29, 1.82) is 0 Å². The number of amides is 2. The zero-order valence-corrected chi connectivity index (χ0v) is 20.8. The number of ether oxygens (including phenoxy) is 2. The van der Waals surface area contributed by atoms with E-state index >= 15 is 0 Å². The zero-order valence-electron chi connectivity index (χ0n) is 18.4. The molecule has 2 amide bonds. The monoisotopic (exact) mass is 537 g/mol. The van der Waals surface area contributed by atoms with Crippen molar-refractivity contribution in [2.75, 3.05) is 7.11 Å². The molecule has 3 aromatic rings. The van der Waals surface area contributed by atoms with Gasteiger partial charge < -0.3 is 9.47 Å². The van der Waals surface area contributed by atoms with E-state index in [9.17, 15) is 14.4 Å². The largest absolute Gasteiger partial charge is 0.493 e. The maximum Gasteiger partial charge on any atom is 0.343 e. The molecule has 6 nitrogen and oxygen atoms in total. The van der Waals surface area contributed by atoms with Gasteiger partial charge in [-0.05, 0) is 66.2 Å². The van der Waals surface area contributed by atoms with Gasteiger partial charge in [-0.2, -0.15) is 0 Å². The lowest BCUT2D eigenvalue weighted by atomic mass is 10.1. The average Bonchev–Trinajstić information content (AvgIpc) is 3.08. The van der Waals surface area contributed by atoms with Crippen LogP contribution in [0.15, 0.2) is 76.1 Å². The third-order valence-corrected chi connectivity index (χ3v) is 6.78. The van der Waals surface area contributed by atoms with E-state index in [-0.39, 0.29) is 23.4 Å². The number of rotatable bonds is 6. The lowest BCUT2D eigenvalue weighted by Crippen LogP contribution is -2.27. The molecule has 0 saturated carbocycles. The Kier molecular flexibility index (Phi) is 7.19. The highest BCUT2D eigenvalue weighted by molar-refractivity contribution is 9.10. The van der Waals surface area contributed by atoms with Gasteiger partial charge >= 0.3 is 5.97 Å². The summed E-state index contributed by atoms with van der Waals surface area (Å²) in [5.41, 5.74) is 2.86. The number of benzene rings is 3. The number of nitrogens with zero attached hydrogens (tertiary/aromatic N) is 1. The van der Waals surface area contributed by atoms with Gasteiger partial charge in [-0.15, -0.1) is 0 Å². The lowest BCUT2D eigenvalue weighted by Gasteiger charge is -2.13. The maximum absolute atomic E-state index is 12.9. The summed E-state index contributed by atoms with van der Waals surface area (Å²) < 4.78 is 11.7. The van der Waals surface area contributed by atoms with E-state index in [1.165, 1.54) is 12.0 Å². The van der Waals surface area contributed by atoms with Crippen LogP contribution in [0.5, 0.6) is 11.5 Å². The Morgan fingerprint density at radius 1 is 1.03 bits per heavy atom. The number of hydrogen-bond acceptors (Lipinski definition) is 6. The summed E-state index contributed by atoms with van der Waals surface area (Å²) >= 11 is 4.34. The van der Waals surface area contributed by atoms with Crippen LogP contribution in [0, 0.1) is 6.92 Å². The Morgan fingerprint density at radius 3 is 2.56 bits per heavy atom. The highest BCUT2D eigenvalue weighted by Crippen LogP contribution is 2.36. The fourth-order valence-electron chi connectivity index (χ4n) is 3.37. The molecule has 8 heteroatoms. The van der Waals surface area contributed by atoms with Gasteiger partial charge in [0.1, 0.15) is 0 Å². The summed E-state index contributed by atoms with van der Waals surface area (Å²) in [5.74, 6) is -0.266. The van der Waals surface area contributed by atoms with E-state index < -0.39 is 5.97 Å². The van der Waals surface area contributed by atoms with Gasteiger partial charge in [0.25, 0.3) is 11.1 Å². The van der Waals surface area contributed by atoms with Gasteiger partial charge in [-0.3, -0.25) is 14.5 Å². The van der Waals surface area contributed by atoms with Gasteiger partial charge in [-0.25, -0.2) is 4.79 Å². The number of esters is 1. The van der Waals surface area contributed by atoms with Crippen molar-refractivity contribution < 1.29 is 23.9 Å². The molecule has 0 spiro atoms. The average molecular weight is 538 g/mol. The third-order valence-electron chi connectivity index (χ3n) is 5.10. The van der Waals surface area contributed by atoms with Crippen molar-refractivity contribution >= 4 is 50.9 Å². The van der Waals surface area contributed by atoms with Crippen LogP contribution in [0.4, 0.5) is 4.79 Å². The topological polar surface area (TPSA) is 72.9 Å². The fourth-order valence-corrected chi connectivity index (χ4v) is 4.62. The van der Waals surface area contributed by atoms with Crippen molar-refractivity contribution in [3.63, 3.8) is 0 Å².